The summed E-state index contributed by atoms with van der Waals surface area (Å²) in [6.07, 6.45) is 2.17. The molecule has 0 amide bonds. The highest BCUT2D eigenvalue weighted by Crippen LogP contribution is 2.31. The number of rotatable bonds is 1. The summed E-state index contributed by atoms with van der Waals surface area (Å²) in [4.78, 5) is 11.3. The van der Waals surface area contributed by atoms with Crippen molar-refractivity contribution in [3.05, 3.63) is 23.5 Å². The van der Waals surface area contributed by atoms with Gasteiger partial charge in [-0.25, -0.2) is 0 Å². The first-order valence-corrected chi connectivity index (χ1v) is 4.97. The van der Waals surface area contributed by atoms with Crippen molar-refractivity contribution in [1.29, 1.82) is 0 Å². The van der Waals surface area contributed by atoms with Crippen molar-refractivity contribution in [1.82, 2.24) is 4.57 Å². The van der Waals surface area contributed by atoms with Gasteiger partial charge in [-0.2, -0.15) is 0 Å². The molecule has 0 aliphatic carbocycles. The number of carbonyl (C=O) groups excluding carboxylic acids is 1. The summed E-state index contributed by atoms with van der Waals surface area (Å²) in [5.41, 5.74) is 1.47. The van der Waals surface area contributed by atoms with Gasteiger partial charge in [0.25, 0.3) is 0 Å². The number of ketones is 1. The van der Waals surface area contributed by atoms with Crippen LogP contribution < -0.4 is 0 Å². The normalized spacial score (nSPS) is 25.9. The molecular weight excluding hydrogens is 178 g/mol. The molecule has 14 heavy (non-hydrogen) atoms. The summed E-state index contributed by atoms with van der Waals surface area (Å²) in [5.74, 6) is 0.511. The van der Waals surface area contributed by atoms with Gasteiger partial charge in [0.05, 0.1) is 11.8 Å². The fourth-order valence-corrected chi connectivity index (χ4v) is 2.22. The third kappa shape index (κ3) is 1.38. The third-order valence-corrected chi connectivity index (χ3v) is 2.84. The molecule has 1 aromatic heterocycles. The van der Waals surface area contributed by atoms with E-state index in [0.717, 1.165) is 18.7 Å². The Morgan fingerprint density at radius 3 is 3.00 bits per heavy atom. The first kappa shape index (κ1) is 9.46. The molecule has 1 N–H and O–H groups in total. The van der Waals surface area contributed by atoms with Crippen molar-refractivity contribution in [2.24, 2.45) is 5.92 Å². The molecule has 2 atom stereocenters. The zero-order valence-corrected chi connectivity index (χ0v) is 8.53. The van der Waals surface area contributed by atoms with E-state index in [2.05, 4.69) is 6.92 Å². The fourth-order valence-electron chi connectivity index (χ4n) is 2.22. The number of fused-ring (bicyclic) bond motifs is 1. The number of aromatic nitrogens is 1. The molecule has 2 heterocycles. The lowest BCUT2D eigenvalue weighted by Gasteiger charge is -2.26. The van der Waals surface area contributed by atoms with Crippen LogP contribution in [0.25, 0.3) is 0 Å². The molecule has 0 fully saturated rings. The van der Waals surface area contributed by atoms with E-state index in [1.54, 1.807) is 13.0 Å². The third-order valence-electron chi connectivity index (χ3n) is 2.84. The molecular formula is C11H15NO2. The molecule has 3 heteroatoms. The van der Waals surface area contributed by atoms with Crippen LogP contribution in [0.4, 0.5) is 0 Å². The first-order chi connectivity index (χ1) is 6.59. The topological polar surface area (TPSA) is 42.2 Å². The van der Waals surface area contributed by atoms with E-state index in [-0.39, 0.29) is 5.78 Å². The molecule has 2 unspecified atom stereocenters. The molecule has 1 aliphatic heterocycles. The van der Waals surface area contributed by atoms with E-state index in [1.165, 1.54) is 0 Å². The minimum absolute atomic E-state index is 0.0346. The zero-order chi connectivity index (χ0) is 10.3. The smallest absolute Gasteiger partial charge is 0.161 e. The zero-order valence-electron chi connectivity index (χ0n) is 8.53. The minimum Gasteiger partial charge on any atom is -0.387 e. The maximum Gasteiger partial charge on any atom is 0.161 e. The SMILES string of the molecule is CC(=O)c1ccn2c1C(O)CC(C)C2. The van der Waals surface area contributed by atoms with Crippen LogP contribution in [0.1, 0.15) is 42.4 Å². The Bertz CT molecular complexity index is 367. The van der Waals surface area contributed by atoms with E-state index in [4.69, 9.17) is 0 Å². The maximum absolute atomic E-state index is 11.3. The van der Waals surface area contributed by atoms with E-state index in [0.29, 0.717) is 11.5 Å². The van der Waals surface area contributed by atoms with Crippen LogP contribution >= 0.6 is 0 Å². The molecule has 3 nitrogen and oxygen atoms in total. The number of carbonyl (C=O) groups is 1. The highest BCUT2D eigenvalue weighted by molar-refractivity contribution is 5.95. The van der Waals surface area contributed by atoms with Gasteiger partial charge in [-0.3, -0.25) is 4.79 Å². The Hall–Kier alpha value is -1.09. The van der Waals surface area contributed by atoms with Crippen LogP contribution in [0.3, 0.4) is 0 Å². The molecule has 0 saturated heterocycles. The van der Waals surface area contributed by atoms with Gasteiger partial charge in [-0.05, 0) is 25.3 Å². The monoisotopic (exact) mass is 193 g/mol. The van der Waals surface area contributed by atoms with Crippen LogP contribution in [0, 0.1) is 5.92 Å². The number of aliphatic hydroxyl groups is 1. The van der Waals surface area contributed by atoms with Crippen molar-refractivity contribution in [3.8, 4) is 0 Å². The van der Waals surface area contributed by atoms with Gasteiger partial charge >= 0.3 is 0 Å². The summed E-state index contributed by atoms with van der Waals surface area (Å²) in [5, 5.41) is 9.88. The summed E-state index contributed by atoms with van der Waals surface area (Å²) >= 11 is 0. The van der Waals surface area contributed by atoms with Gasteiger partial charge in [-0.15, -0.1) is 0 Å². The van der Waals surface area contributed by atoms with E-state index >= 15 is 0 Å². The van der Waals surface area contributed by atoms with Crippen molar-refractivity contribution in [2.75, 3.05) is 0 Å². The predicted octanol–water partition coefficient (Wildman–Crippen LogP) is 1.76. The molecule has 0 aromatic carbocycles. The Kier molecular flexibility index (Phi) is 2.19. The molecule has 1 aromatic rings. The lowest BCUT2D eigenvalue weighted by atomic mass is 9.95. The molecule has 1 aliphatic rings. The van der Waals surface area contributed by atoms with Crippen molar-refractivity contribution in [2.45, 2.75) is 32.9 Å². The average molecular weight is 193 g/mol. The van der Waals surface area contributed by atoms with Crippen LogP contribution in [0.2, 0.25) is 0 Å². The van der Waals surface area contributed by atoms with Crippen LogP contribution in [0.5, 0.6) is 0 Å². The van der Waals surface area contributed by atoms with Gasteiger partial charge in [0.2, 0.25) is 0 Å². The Labute approximate surface area is 83.4 Å². The van der Waals surface area contributed by atoms with Crippen LogP contribution in [-0.4, -0.2) is 15.5 Å². The average Bonchev–Trinajstić information content (AvgIpc) is 2.47. The largest absolute Gasteiger partial charge is 0.387 e. The van der Waals surface area contributed by atoms with Crippen molar-refractivity contribution < 1.29 is 9.90 Å². The quantitative estimate of drug-likeness (QED) is 0.690. The Morgan fingerprint density at radius 1 is 1.64 bits per heavy atom. The van der Waals surface area contributed by atoms with Crippen LogP contribution in [-0.2, 0) is 6.54 Å². The van der Waals surface area contributed by atoms with Gasteiger partial charge in [0, 0.05) is 18.3 Å². The molecule has 0 radical (unpaired) electrons. The number of aliphatic hydroxyl groups excluding tert-OH is 1. The Morgan fingerprint density at radius 2 is 2.36 bits per heavy atom. The molecule has 2 rings (SSSR count). The highest BCUT2D eigenvalue weighted by atomic mass is 16.3. The summed E-state index contributed by atoms with van der Waals surface area (Å²) in [6.45, 7) is 4.56. The first-order valence-electron chi connectivity index (χ1n) is 4.97. The van der Waals surface area contributed by atoms with E-state index < -0.39 is 6.10 Å². The van der Waals surface area contributed by atoms with Crippen molar-refractivity contribution >= 4 is 5.78 Å². The lowest BCUT2D eigenvalue weighted by Crippen LogP contribution is -2.22. The molecule has 0 saturated carbocycles. The summed E-state index contributed by atoms with van der Waals surface area (Å²) in [7, 11) is 0. The van der Waals surface area contributed by atoms with Crippen LogP contribution in [0.15, 0.2) is 12.3 Å². The second-order valence-corrected chi connectivity index (χ2v) is 4.18. The second-order valence-electron chi connectivity index (χ2n) is 4.18. The number of hydrogen-bond acceptors (Lipinski definition) is 2. The summed E-state index contributed by atoms with van der Waals surface area (Å²) in [6, 6.07) is 1.80. The van der Waals surface area contributed by atoms with Gasteiger partial charge in [0.1, 0.15) is 0 Å². The predicted molar refractivity (Wildman–Crippen MR) is 53.2 cm³/mol. The number of hydrogen-bond donors (Lipinski definition) is 1. The minimum atomic E-state index is -0.479. The van der Waals surface area contributed by atoms with Gasteiger partial charge < -0.3 is 9.67 Å². The van der Waals surface area contributed by atoms with Gasteiger partial charge in [-0.1, -0.05) is 6.92 Å². The van der Waals surface area contributed by atoms with E-state index in [9.17, 15) is 9.90 Å². The van der Waals surface area contributed by atoms with E-state index in [1.807, 2.05) is 10.8 Å². The van der Waals surface area contributed by atoms with Crippen molar-refractivity contribution in [3.63, 3.8) is 0 Å². The highest BCUT2D eigenvalue weighted by Gasteiger charge is 2.26. The maximum atomic E-state index is 11.3. The Balaban J connectivity index is 2.46. The molecule has 76 valence electrons. The standard InChI is InChI=1S/C11H15NO2/c1-7-5-10(14)11-9(8(2)13)3-4-12(11)6-7/h3-4,7,10,14H,5-6H2,1-2H3. The molecule has 0 spiro atoms. The van der Waals surface area contributed by atoms with Gasteiger partial charge in [0.15, 0.2) is 5.78 Å². The number of nitrogens with zero attached hydrogens (tertiary/aromatic N) is 1. The second kappa shape index (κ2) is 3.24. The molecule has 0 bridgehead atoms. The number of Topliss-reactive ketones (excluding diaryl/α,β-unsaturated/α-hetero) is 1. The fraction of sp³-hybridized carbons (Fsp3) is 0.545. The summed E-state index contributed by atoms with van der Waals surface area (Å²) < 4.78 is 2.00. The lowest BCUT2D eigenvalue weighted by molar-refractivity contribution is 0.0972.